The van der Waals surface area contributed by atoms with Crippen molar-refractivity contribution in [2.75, 3.05) is 12.3 Å². The van der Waals surface area contributed by atoms with Gasteiger partial charge in [0.2, 0.25) is 0 Å². The van der Waals surface area contributed by atoms with E-state index in [9.17, 15) is 4.79 Å². The fraction of sp³-hybridized carbons (Fsp3) is 0.316. The third-order valence-corrected chi connectivity index (χ3v) is 4.64. The van der Waals surface area contributed by atoms with Crippen LogP contribution in [0.15, 0.2) is 48.5 Å². The van der Waals surface area contributed by atoms with Gasteiger partial charge in [0.25, 0.3) is 5.91 Å². The minimum atomic E-state index is -0.551. The van der Waals surface area contributed by atoms with Crippen LogP contribution in [0.2, 0.25) is 5.02 Å². The molecule has 0 aliphatic rings. The summed E-state index contributed by atoms with van der Waals surface area (Å²) in [6.07, 6.45) is -0.551. The highest BCUT2D eigenvalue weighted by molar-refractivity contribution is 7.98. The summed E-state index contributed by atoms with van der Waals surface area (Å²) in [4.78, 5) is 12.0. The fourth-order valence-corrected chi connectivity index (χ4v) is 3.17. The molecule has 2 rings (SSSR count). The molecule has 0 saturated carbocycles. The Morgan fingerprint density at radius 1 is 1.25 bits per heavy atom. The number of ether oxygens (including phenoxy) is 1. The van der Waals surface area contributed by atoms with Crippen LogP contribution in [0.3, 0.4) is 0 Å². The zero-order valence-electron chi connectivity index (χ0n) is 13.9. The highest BCUT2D eigenvalue weighted by Crippen LogP contribution is 2.18. The van der Waals surface area contributed by atoms with E-state index in [1.165, 1.54) is 11.1 Å². The summed E-state index contributed by atoms with van der Waals surface area (Å²) in [5.74, 6) is 2.29. The summed E-state index contributed by atoms with van der Waals surface area (Å²) in [5.41, 5.74) is 2.58. The molecule has 5 heteroatoms. The van der Waals surface area contributed by atoms with E-state index in [1.807, 2.05) is 0 Å². The van der Waals surface area contributed by atoms with Crippen LogP contribution in [0, 0.1) is 6.92 Å². The number of carbonyl (C=O) groups is 1. The van der Waals surface area contributed by atoms with E-state index in [-0.39, 0.29) is 5.91 Å². The summed E-state index contributed by atoms with van der Waals surface area (Å²) < 4.78 is 5.59. The Kier molecular flexibility index (Phi) is 7.47. The normalized spacial score (nSPS) is 11.8. The Morgan fingerprint density at radius 2 is 2.04 bits per heavy atom. The number of rotatable bonds is 8. The molecule has 2 aromatic rings. The summed E-state index contributed by atoms with van der Waals surface area (Å²) in [6, 6.07) is 15.5. The zero-order valence-corrected chi connectivity index (χ0v) is 15.5. The molecule has 0 fully saturated rings. The first-order chi connectivity index (χ1) is 11.5. The topological polar surface area (TPSA) is 38.3 Å². The van der Waals surface area contributed by atoms with Gasteiger partial charge in [-0.05, 0) is 37.6 Å². The van der Waals surface area contributed by atoms with E-state index in [4.69, 9.17) is 16.3 Å². The van der Waals surface area contributed by atoms with Gasteiger partial charge in [0.15, 0.2) is 6.10 Å². The molecule has 0 saturated heterocycles. The third-order valence-electron chi connectivity index (χ3n) is 3.38. The highest BCUT2D eigenvalue weighted by atomic mass is 35.5. The summed E-state index contributed by atoms with van der Waals surface area (Å²) in [6.45, 7) is 4.45. The van der Waals surface area contributed by atoms with Crippen molar-refractivity contribution in [2.24, 2.45) is 0 Å². The Balaban J connectivity index is 1.65. The lowest BCUT2D eigenvalue weighted by molar-refractivity contribution is -0.127. The van der Waals surface area contributed by atoms with E-state index >= 15 is 0 Å². The number of nitrogens with one attached hydrogen (secondary N) is 1. The first-order valence-corrected chi connectivity index (χ1v) is 9.41. The first-order valence-electron chi connectivity index (χ1n) is 7.88. The van der Waals surface area contributed by atoms with Crippen LogP contribution in [0.25, 0.3) is 0 Å². The Bertz CT molecular complexity index is 678. The van der Waals surface area contributed by atoms with Crippen LogP contribution < -0.4 is 10.1 Å². The maximum Gasteiger partial charge on any atom is 0.260 e. The van der Waals surface area contributed by atoms with Gasteiger partial charge in [-0.2, -0.15) is 11.8 Å². The van der Waals surface area contributed by atoms with E-state index in [0.29, 0.717) is 17.3 Å². The second kappa shape index (κ2) is 9.60. The van der Waals surface area contributed by atoms with Crippen molar-refractivity contribution >= 4 is 29.3 Å². The van der Waals surface area contributed by atoms with Gasteiger partial charge >= 0.3 is 0 Å². The predicted molar refractivity (Wildman–Crippen MR) is 102 cm³/mol. The third kappa shape index (κ3) is 6.46. The van der Waals surface area contributed by atoms with Gasteiger partial charge in [0.1, 0.15) is 5.75 Å². The number of carbonyl (C=O) groups excluding carboxylic acids is 1. The van der Waals surface area contributed by atoms with Gasteiger partial charge in [-0.3, -0.25) is 4.79 Å². The quantitative estimate of drug-likeness (QED) is 0.703. The van der Waals surface area contributed by atoms with E-state index in [2.05, 4.69) is 36.5 Å². The lowest BCUT2D eigenvalue weighted by atomic mass is 10.2. The summed E-state index contributed by atoms with van der Waals surface area (Å²) in [7, 11) is 0. The number of aryl methyl sites for hydroxylation is 1. The van der Waals surface area contributed by atoms with Crippen molar-refractivity contribution in [3.8, 4) is 5.75 Å². The molecule has 2 aromatic carbocycles. The molecule has 0 aromatic heterocycles. The average molecular weight is 364 g/mol. The standard InChI is InChI=1S/C19H22ClNO2S/c1-14-5-3-6-16(11-14)13-24-10-9-21-19(22)15(2)23-18-8-4-7-17(20)12-18/h3-8,11-12,15H,9-10,13H2,1-2H3,(H,21,22). The van der Waals surface area contributed by atoms with Crippen LogP contribution in [-0.4, -0.2) is 24.3 Å². The molecule has 0 spiro atoms. The average Bonchev–Trinajstić information content (AvgIpc) is 2.54. The minimum Gasteiger partial charge on any atom is -0.481 e. The largest absolute Gasteiger partial charge is 0.481 e. The molecular formula is C19H22ClNO2S. The lowest BCUT2D eigenvalue weighted by Gasteiger charge is -2.14. The molecule has 1 N–H and O–H groups in total. The van der Waals surface area contributed by atoms with Gasteiger partial charge in [-0.15, -0.1) is 0 Å². The maximum absolute atomic E-state index is 12.0. The van der Waals surface area contributed by atoms with E-state index in [0.717, 1.165) is 11.5 Å². The van der Waals surface area contributed by atoms with E-state index in [1.54, 1.807) is 43.0 Å². The molecule has 1 unspecified atom stereocenters. The number of benzene rings is 2. The maximum atomic E-state index is 12.0. The Hall–Kier alpha value is -1.65. The monoisotopic (exact) mass is 363 g/mol. The number of hydrogen-bond donors (Lipinski definition) is 1. The van der Waals surface area contributed by atoms with Crippen molar-refractivity contribution < 1.29 is 9.53 Å². The molecule has 1 amide bonds. The van der Waals surface area contributed by atoms with Crippen LogP contribution in [0.4, 0.5) is 0 Å². The summed E-state index contributed by atoms with van der Waals surface area (Å²) in [5, 5.41) is 3.49. The minimum absolute atomic E-state index is 0.119. The van der Waals surface area contributed by atoms with Crippen molar-refractivity contribution in [3.63, 3.8) is 0 Å². The van der Waals surface area contributed by atoms with Gasteiger partial charge in [-0.1, -0.05) is 47.5 Å². The molecule has 0 heterocycles. The molecule has 0 bridgehead atoms. The van der Waals surface area contributed by atoms with Crippen molar-refractivity contribution in [1.82, 2.24) is 5.32 Å². The fourth-order valence-electron chi connectivity index (χ4n) is 2.18. The molecule has 0 aliphatic carbocycles. The second-order valence-corrected chi connectivity index (χ2v) is 7.09. The van der Waals surface area contributed by atoms with Crippen molar-refractivity contribution in [3.05, 3.63) is 64.7 Å². The smallest absolute Gasteiger partial charge is 0.260 e. The molecule has 0 radical (unpaired) electrons. The molecule has 128 valence electrons. The highest BCUT2D eigenvalue weighted by Gasteiger charge is 2.14. The van der Waals surface area contributed by atoms with Crippen LogP contribution in [0.5, 0.6) is 5.75 Å². The Morgan fingerprint density at radius 3 is 2.79 bits per heavy atom. The number of amides is 1. The van der Waals surface area contributed by atoms with Crippen LogP contribution >= 0.6 is 23.4 Å². The van der Waals surface area contributed by atoms with Crippen molar-refractivity contribution in [1.29, 1.82) is 0 Å². The van der Waals surface area contributed by atoms with Gasteiger partial charge in [-0.25, -0.2) is 0 Å². The number of halogens is 1. The van der Waals surface area contributed by atoms with Crippen LogP contribution in [-0.2, 0) is 10.5 Å². The van der Waals surface area contributed by atoms with Crippen molar-refractivity contribution in [2.45, 2.75) is 25.7 Å². The van der Waals surface area contributed by atoms with Gasteiger partial charge in [0, 0.05) is 23.1 Å². The zero-order chi connectivity index (χ0) is 17.4. The number of hydrogen-bond acceptors (Lipinski definition) is 3. The Labute approximate surface area is 152 Å². The van der Waals surface area contributed by atoms with Gasteiger partial charge < -0.3 is 10.1 Å². The molecule has 24 heavy (non-hydrogen) atoms. The second-order valence-electron chi connectivity index (χ2n) is 5.55. The summed E-state index contributed by atoms with van der Waals surface area (Å²) >= 11 is 7.70. The molecule has 3 nitrogen and oxygen atoms in total. The van der Waals surface area contributed by atoms with Crippen LogP contribution in [0.1, 0.15) is 18.1 Å². The van der Waals surface area contributed by atoms with Gasteiger partial charge in [0.05, 0.1) is 0 Å². The van der Waals surface area contributed by atoms with E-state index < -0.39 is 6.10 Å². The predicted octanol–water partition coefficient (Wildman–Crippen LogP) is 4.47. The lowest BCUT2D eigenvalue weighted by Crippen LogP contribution is -2.37. The molecule has 1 atom stereocenters. The first kappa shape index (κ1) is 18.7. The molecule has 0 aliphatic heterocycles. The SMILES string of the molecule is Cc1cccc(CSCCNC(=O)C(C)Oc2cccc(Cl)c2)c1. The number of thioether (sulfide) groups is 1. The molecular weight excluding hydrogens is 342 g/mol.